The number of nitrogens with zero attached hydrogens (tertiary/aromatic N) is 3. The number of benzene rings is 3. The molecule has 29 heavy (non-hydrogen) atoms. The Kier molecular flexibility index (Phi) is 5.59. The zero-order valence-electron chi connectivity index (χ0n) is 15.9. The number of hydrogen-bond donors (Lipinski definition) is 2. The molecule has 0 spiro atoms. The van der Waals surface area contributed by atoms with Crippen LogP contribution in [-0.2, 0) is 6.42 Å². The molecular weight excluding hydrogens is 362 g/mol. The van der Waals surface area contributed by atoms with Gasteiger partial charge in [0.25, 0.3) is 0 Å². The summed E-state index contributed by atoms with van der Waals surface area (Å²) in [6.45, 7) is 0.136. The van der Waals surface area contributed by atoms with Gasteiger partial charge in [-0.15, -0.1) is 0 Å². The standard InChI is InChI=1S/C24H21N3O2/c28-10-4-5-17-8-9-22(23(29)11-17)20-12-19(18-6-2-1-3-7-18)13-21(14-20)24-26-15-25-16-27-24/h1-3,6-9,11-16,28-29H,4-5,10H2. The highest BCUT2D eigenvalue weighted by molar-refractivity contribution is 5.81. The minimum Gasteiger partial charge on any atom is -0.507 e. The maximum atomic E-state index is 10.7. The monoisotopic (exact) mass is 383 g/mol. The van der Waals surface area contributed by atoms with E-state index in [1.807, 2.05) is 54.6 Å². The topological polar surface area (TPSA) is 79.1 Å². The van der Waals surface area contributed by atoms with Crippen molar-refractivity contribution in [2.24, 2.45) is 0 Å². The van der Waals surface area contributed by atoms with Crippen molar-refractivity contribution in [1.82, 2.24) is 15.0 Å². The molecule has 0 saturated carbocycles. The summed E-state index contributed by atoms with van der Waals surface area (Å²) >= 11 is 0. The second kappa shape index (κ2) is 8.63. The number of aromatic hydroxyl groups is 1. The Morgan fingerprint density at radius 2 is 1.45 bits per heavy atom. The van der Waals surface area contributed by atoms with Crippen LogP contribution in [0.5, 0.6) is 5.75 Å². The number of hydrogen-bond acceptors (Lipinski definition) is 5. The summed E-state index contributed by atoms with van der Waals surface area (Å²) in [5, 5.41) is 19.7. The Morgan fingerprint density at radius 3 is 2.17 bits per heavy atom. The summed E-state index contributed by atoms with van der Waals surface area (Å²) in [6, 6.07) is 21.8. The first-order valence-corrected chi connectivity index (χ1v) is 9.50. The minimum absolute atomic E-state index is 0.136. The molecule has 0 unspecified atom stereocenters. The molecule has 1 heterocycles. The average molecular weight is 383 g/mol. The zero-order valence-corrected chi connectivity index (χ0v) is 15.9. The van der Waals surface area contributed by atoms with E-state index < -0.39 is 0 Å². The summed E-state index contributed by atoms with van der Waals surface area (Å²) in [4.78, 5) is 12.5. The van der Waals surface area contributed by atoms with E-state index in [-0.39, 0.29) is 12.4 Å². The number of phenolic OH excluding ortho intramolecular Hbond substituents is 1. The van der Waals surface area contributed by atoms with E-state index in [9.17, 15) is 5.11 Å². The Morgan fingerprint density at radius 1 is 0.724 bits per heavy atom. The van der Waals surface area contributed by atoms with Gasteiger partial charge in [0.2, 0.25) is 0 Å². The van der Waals surface area contributed by atoms with Gasteiger partial charge in [-0.2, -0.15) is 0 Å². The molecule has 0 saturated heterocycles. The van der Waals surface area contributed by atoms with Gasteiger partial charge in [-0.05, 0) is 59.4 Å². The lowest BCUT2D eigenvalue weighted by atomic mass is 9.94. The third kappa shape index (κ3) is 4.31. The van der Waals surface area contributed by atoms with Crippen molar-refractivity contribution in [3.63, 3.8) is 0 Å². The number of aliphatic hydroxyl groups excluding tert-OH is 1. The van der Waals surface area contributed by atoms with Crippen LogP contribution in [0.15, 0.2) is 79.4 Å². The minimum atomic E-state index is 0.136. The predicted octanol–water partition coefficient (Wildman–Crippen LogP) is 4.50. The summed E-state index contributed by atoms with van der Waals surface area (Å²) in [5.74, 6) is 0.797. The first-order valence-electron chi connectivity index (χ1n) is 9.50. The van der Waals surface area contributed by atoms with Crippen molar-refractivity contribution in [3.8, 4) is 39.4 Å². The van der Waals surface area contributed by atoms with Crippen LogP contribution in [0.25, 0.3) is 33.6 Å². The van der Waals surface area contributed by atoms with E-state index in [2.05, 4.69) is 21.0 Å². The quantitative estimate of drug-likeness (QED) is 0.512. The molecule has 0 fully saturated rings. The number of aliphatic hydroxyl groups is 1. The molecule has 4 aromatic rings. The molecule has 4 rings (SSSR count). The van der Waals surface area contributed by atoms with Gasteiger partial charge in [0.1, 0.15) is 18.4 Å². The molecule has 1 aromatic heterocycles. The average Bonchev–Trinajstić information content (AvgIpc) is 2.78. The van der Waals surface area contributed by atoms with Gasteiger partial charge in [0.05, 0.1) is 0 Å². The van der Waals surface area contributed by atoms with Crippen LogP contribution in [-0.4, -0.2) is 31.8 Å². The molecule has 3 aromatic carbocycles. The van der Waals surface area contributed by atoms with Crippen LogP contribution >= 0.6 is 0 Å². The van der Waals surface area contributed by atoms with Gasteiger partial charge in [-0.3, -0.25) is 0 Å². The molecule has 5 heteroatoms. The number of aryl methyl sites for hydroxylation is 1. The Balaban J connectivity index is 1.83. The third-order valence-electron chi connectivity index (χ3n) is 4.79. The fourth-order valence-corrected chi connectivity index (χ4v) is 3.36. The van der Waals surface area contributed by atoms with Gasteiger partial charge < -0.3 is 10.2 Å². The summed E-state index contributed by atoms with van der Waals surface area (Å²) < 4.78 is 0. The number of rotatable bonds is 6. The van der Waals surface area contributed by atoms with E-state index in [0.717, 1.165) is 39.8 Å². The van der Waals surface area contributed by atoms with Crippen LogP contribution in [0, 0.1) is 0 Å². The van der Waals surface area contributed by atoms with Crippen LogP contribution in [0.3, 0.4) is 0 Å². The molecule has 0 aliphatic heterocycles. The second-order valence-corrected chi connectivity index (χ2v) is 6.81. The normalized spacial score (nSPS) is 10.8. The van der Waals surface area contributed by atoms with E-state index in [4.69, 9.17) is 5.11 Å². The summed E-state index contributed by atoms with van der Waals surface area (Å²) in [7, 11) is 0. The maximum absolute atomic E-state index is 10.7. The molecule has 5 nitrogen and oxygen atoms in total. The Hall–Kier alpha value is -3.57. The van der Waals surface area contributed by atoms with Crippen molar-refractivity contribution in [3.05, 3.63) is 84.9 Å². The van der Waals surface area contributed by atoms with Crippen molar-refractivity contribution < 1.29 is 10.2 Å². The first-order chi connectivity index (χ1) is 14.2. The highest BCUT2D eigenvalue weighted by Gasteiger charge is 2.12. The van der Waals surface area contributed by atoms with Gasteiger partial charge in [-0.25, -0.2) is 15.0 Å². The van der Waals surface area contributed by atoms with E-state index in [0.29, 0.717) is 12.2 Å². The molecule has 144 valence electrons. The molecule has 0 atom stereocenters. The third-order valence-corrected chi connectivity index (χ3v) is 4.79. The van der Waals surface area contributed by atoms with Crippen molar-refractivity contribution in [1.29, 1.82) is 0 Å². The lowest BCUT2D eigenvalue weighted by Gasteiger charge is -2.12. The van der Waals surface area contributed by atoms with Crippen molar-refractivity contribution in [2.45, 2.75) is 12.8 Å². The molecule has 0 bridgehead atoms. The maximum Gasteiger partial charge on any atom is 0.162 e. The van der Waals surface area contributed by atoms with Crippen molar-refractivity contribution >= 4 is 0 Å². The smallest absolute Gasteiger partial charge is 0.162 e. The van der Waals surface area contributed by atoms with E-state index in [1.165, 1.54) is 12.7 Å². The first kappa shape index (κ1) is 18.8. The SMILES string of the molecule is OCCCc1ccc(-c2cc(-c3ccccc3)cc(-c3ncncn3)c2)c(O)c1. The molecule has 0 aliphatic carbocycles. The van der Waals surface area contributed by atoms with Crippen molar-refractivity contribution in [2.75, 3.05) is 6.61 Å². The Bertz CT molecular complexity index is 1040. The second-order valence-electron chi connectivity index (χ2n) is 6.81. The summed E-state index contributed by atoms with van der Waals surface area (Å²) in [5.41, 5.74) is 5.56. The molecule has 0 radical (unpaired) electrons. The van der Waals surface area contributed by atoms with Crippen LogP contribution in [0.4, 0.5) is 0 Å². The molecule has 0 amide bonds. The van der Waals surface area contributed by atoms with Gasteiger partial charge >= 0.3 is 0 Å². The van der Waals surface area contributed by atoms with Crippen LogP contribution in [0.1, 0.15) is 12.0 Å². The molecular formula is C24H21N3O2. The largest absolute Gasteiger partial charge is 0.507 e. The molecule has 0 aliphatic rings. The Labute approximate surface area is 169 Å². The number of aromatic nitrogens is 3. The lowest BCUT2D eigenvalue weighted by Crippen LogP contribution is -1.93. The van der Waals surface area contributed by atoms with E-state index >= 15 is 0 Å². The predicted molar refractivity (Wildman–Crippen MR) is 113 cm³/mol. The van der Waals surface area contributed by atoms with Crippen LogP contribution in [0.2, 0.25) is 0 Å². The number of phenols is 1. The van der Waals surface area contributed by atoms with Gasteiger partial charge in [0, 0.05) is 17.7 Å². The fourth-order valence-electron chi connectivity index (χ4n) is 3.36. The molecule has 2 N–H and O–H groups in total. The highest BCUT2D eigenvalue weighted by Crippen LogP contribution is 2.36. The highest BCUT2D eigenvalue weighted by atomic mass is 16.3. The summed E-state index contributed by atoms with van der Waals surface area (Å²) in [6.07, 6.45) is 4.35. The van der Waals surface area contributed by atoms with Gasteiger partial charge in [-0.1, -0.05) is 42.5 Å². The van der Waals surface area contributed by atoms with Gasteiger partial charge in [0.15, 0.2) is 5.82 Å². The van der Waals surface area contributed by atoms with E-state index in [1.54, 1.807) is 6.07 Å². The zero-order chi connectivity index (χ0) is 20.1. The van der Waals surface area contributed by atoms with Crippen LogP contribution < -0.4 is 0 Å². The fraction of sp³-hybridized carbons (Fsp3) is 0.125. The lowest BCUT2D eigenvalue weighted by molar-refractivity contribution is 0.288.